The third kappa shape index (κ3) is 3.51. The van der Waals surface area contributed by atoms with Crippen molar-refractivity contribution in [1.29, 1.82) is 0 Å². The number of rotatable bonds is 5. The number of carbonyl (C=O) groups is 1. The molecule has 1 unspecified atom stereocenters. The summed E-state index contributed by atoms with van der Waals surface area (Å²) in [5.74, 6) is 0.697. The Kier molecular flexibility index (Phi) is 4.66. The van der Waals surface area contributed by atoms with E-state index < -0.39 is 0 Å². The van der Waals surface area contributed by atoms with Crippen molar-refractivity contribution < 1.29 is 14.3 Å². The molecule has 0 bridgehead atoms. The van der Waals surface area contributed by atoms with Gasteiger partial charge in [-0.3, -0.25) is 9.78 Å². The first-order chi connectivity index (χ1) is 8.79. The first kappa shape index (κ1) is 13.0. The number of hydrogen-bond donors (Lipinski definition) is 1. The van der Waals surface area contributed by atoms with E-state index in [2.05, 4.69) is 10.3 Å². The molecule has 18 heavy (non-hydrogen) atoms. The summed E-state index contributed by atoms with van der Waals surface area (Å²) in [7, 11) is 0. The fraction of sp³-hybridized carbons (Fsp3) is 0.538. The molecule has 2 heterocycles. The van der Waals surface area contributed by atoms with Crippen LogP contribution in [-0.4, -0.2) is 43.2 Å². The molecule has 1 aromatic rings. The molecular weight excluding hydrogens is 232 g/mol. The van der Waals surface area contributed by atoms with Crippen LogP contribution in [0, 0.1) is 0 Å². The monoisotopic (exact) mass is 250 g/mol. The predicted octanol–water partition coefficient (Wildman–Crippen LogP) is 1.04. The molecule has 98 valence electrons. The van der Waals surface area contributed by atoms with Crippen LogP contribution in [0.2, 0.25) is 0 Å². The molecule has 5 heteroatoms. The van der Waals surface area contributed by atoms with Gasteiger partial charge in [0.2, 0.25) is 0 Å². The standard InChI is InChI=1S/C13H18N2O3/c1-2-18-12-5-10(7-14-8-12)13(16)6-11-9-17-4-3-15-11/h5,7-8,11,15H,2-4,6,9H2,1H3. The van der Waals surface area contributed by atoms with Gasteiger partial charge in [0.25, 0.3) is 0 Å². The number of ketones is 1. The first-order valence-corrected chi connectivity index (χ1v) is 6.21. The average molecular weight is 250 g/mol. The molecule has 0 spiro atoms. The number of nitrogens with zero attached hydrogens (tertiary/aromatic N) is 1. The highest BCUT2D eigenvalue weighted by Gasteiger charge is 2.18. The third-order valence-corrected chi connectivity index (χ3v) is 2.78. The molecule has 1 N–H and O–H groups in total. The van der Waals surface area contributed by atoms with Crippen molar-refractivity contribution in [2.45, 2.75) is 19.4 Å². The fourth-order valence-electron chi connectivity index (χ4n) is 1.91. The zero-order chi connectivity index (χ0) is 12.8. The molecule has 0 aromatic carbocycles. The maximum atomic E-state index is 12.1. The molecule has 1 fully saturated rings. The SMILES string of the molecule is CCOc1cncc(C(=O)CC2COCCN2)c1. The summed E-state index contributed by atoms with van der Waals surface area (Å²) >= 11 is 0. The number of pyridine rings is 1. The lowest BCUT2D eigenvalue weighted by atomic mass is 10.1. The summed E-state index contributed by atoms with van der Waals surface area (Å²) in [6, 6.07) is 1.84. The lowest BCUT2D eigenvalue weighted by Gasteiger charge is -2.23. The fourth-order valence-corrected chi connectivity index (χ4v) is 1.91. The van der Waals surface area contributed by atoms with E-state index in [9.17, 15) is 4.79 Å². The zero-order valence-electron chi connectivity index (χ0n) is 10.5. The minimum Gasteiger partial charge on any atom is -0.492 e. The highest BCUT2D eigenvalue weighted by Crippen LogP contribution is 2.14. The normalized spacial score (nSPS) is 19.5. The van der Waals surface area contributed by atoms with Gasteiger partial charge in [0.05, 0.1) is 26.0 Å². The molecule has 0 saturated carbocycles. The summed E-state index contributed by atoms with van der Waals surface area (Å²) in [5, 5.41) is 3.26. The number of Topliss-reactive ketones (excluding diaryl/α,β-unsaturated/α-hetero) is 1. The summed E-state index contributed by atoms with van der Waals surface area (Å²) < 4.78 is 10.7. The van der Waals surface area contributed by atoms with Gasteiger partial charge in [-0.1, -0.05) is 0 Å². The Morgan fingerprint density at radius 2 is 2.50 bits per heavy atom. The van der Waals surface area contributed by atoms with E-state index in [-0.39, 0.29) is 11.8 Å². The molecule has 1 aliphatic rings. The summed E-state index contributed by atoms with van der Waals surface area (Å²) in [4.78, 5) is 16.1. The van der Waals surface area contributed by atoms with Gasteiger partial charge < -0.3 is 14.8 Å². The van der Waals surface area contributed by atoms with Gasteiger partial charge >= 0.3 is 0 Å². The van der Waals surface area contributed by atoms with Gasteiger partial charge in [-0.05, 0) is 13.0 Å². The Balaban J connectivity index is 1.96. The topological polar surface area (TPSA) is 60.5 Å². The van der Waals surface area contributed by atoms with E-state index in [1.54, 1.807) is 18.5 Å². The number of ether oxygens (including phenoxy) is 2. The van der Waals surface area contributed by atoms with E-state index in [1.165, 1.54) is 0 Å². The number of carbonyl (C=O) groups excluding carboxylic acids is 1. The Hall–Kier alpha value is -1.46. The highest BCUT2D eigenvalue weighted by atomic mass is 16.5. The Bertz CT molecular complexity index is 403. The van der Waals surface area contributed by atoms with Gasteiger partial charge in [0.1, 0.15) is 5.75 Å². The lowest BCUT2D eigenvalue weighted by molar-refractivity contribution is 0.0675. The first-order valence-electron chi connectivity index (χ1n) is 6.21. The molecule has 1 aromatic heterocycles. The van der Waals surface area contributed by atoms with Gasteiger partial charge in [-0.2, -0.15) is 0 Å². The number of hydrogen-bond acceptors (Lipinski definition) is 5. The van der Waals surface area contributed by atoms with Crippen molar-refractivity contribution in [3.8, 4) is 5.75 Å². The Labute approximate surface area is 107 Å². The lowest BCUT2D eigenvalue weighted by Crippen LogP contribution is -2.42. The predicted molar refractivity (Wildman–Crippen MR) is 67.0 cm³/mol. The molecule has 2 rings (SSSR count). The van der Waals surface area contributed by atoms with Crippen LogP contribution >= 0.6 is 0 Å². The third-order valence-electron chi connectivity index (χ3n) is 2.78. The van der Waals surface area contributed by atoms with Crippen molar-refractivity contribution in [3.63, 3.8) is 0 Å². The minimum absolute atomic E-state index is 0.0621. The second kappa shape index (κ2) is 6.47. The van der Waals surface area contributed by atoms with Crippen LogP contribution in [0.25, 0.3) is 0 Å². The van der Waals surface area contributed by atoms with E-state index in [1.807, 2.05) is 6.92 Å². The summed E-state index contributed by atoms with van der Waals surface area (Å²) in [5.41, 5.74) is 0.591. The maximum absolute atomic E-state index is 12.1. The van der Waals surface area contributed by atoms with Crippen LogP contribution in [0.1, 0.15) is 23.7 Å². The van der Waals surface area contributed by atoms with Crippen LogP contribution in [0.3, 0.4) is 0 Å². The van der Waals surface area contributed by atoms with Crippen LogP contribution in [-0.2, 0) is 4.74 Å². The van der Waals surface area contributed by atoms with E-state index in [0.29, 0.717) is 37.6 Å². The van der Waals surface area contributed by atoms with Gasteiger partial charge in [0, 0.05) is 30.8 Å². The molecule has 1 saturated heterocycles. The van der Waals surface area contributed by atoms with Crippen molar-refractivity contribution >= 4 is 5.78 Å². The van der Waals surface area contributed by atoms with E-state index in [4.69, 9.17) is 9.47 Å². The molecule has 1 aliphatic heterocycles. The van der Waals surface area contributed by atoms with Gasteiger partial charge in [0.15, 0.2) is 5.78 Å². The van der Waals surface area contributed by atoms with Crippen LogP contribution in [0.15, 0.2) is 18.5 Å². The van der Waals surface area contributed by atoms with Gasteiger partial charge in [-0.25, -0.2) is 0 Å². The zero-order valence-corrected chi connectivity index (χ0v) is 10.5. The Morgan fingerprint density at radius 3 is 3.22 bits per heavy atom. The molecule has 1 atom stereocenters. The van der Waals surface area contributed by atoms with Crippen molar-refractivity contribution in [2.75, 3.05) is 26.4 Å². The molecule has 5 nitrogen and oxygen atoms in total. The van der Waals surface area contributed by atoms with Crippen LogP contribution in [0.4, 0.5) is 0 Å². The van der Waals surface area contributed by atoms with Crippen molar-refractivity contribution in [1.82, 2.24) is 10.3 Å². The van der Waals surface area contributed by atoms with E-state index in [0.717, 1.165) is 6.54 Å². The summed E-state index contributed by atoms with van der Waals surface area (Å²) in [6.07, 6.45) is 3.62. The minimum atomic E-state index is 0.0621. The molecule has 0 amide bonds. The molecule has 0 radical (unpaired) electrons. The smallest absolute Gasteiger partial charge is 0.166 e. The Morgan fingerprint density at radius 1 is 1.61 bits per heavy atom. The maximum Gasteiger partial charge on any atom is 0.166 e. The van der Waals surface area contributed by atoms with Crippen LogP contribution in [0.5, 0.6) is 5.75 Å². The van der Waals surface area contributed by atoms with E-state index >= 15 is 0 Å². The van der Waals surface area contributed by atoms with Gasteiger partial charge in [-0.15, -0.1) is 0 Å². The number of aromatic nitrogens is 1. The number of nitrogens with one attached hydrogen (secondary N) is 1. The highest BCUT2D eigenvalue weighted by molar-refractivity contribution is 5.96. The largest absolute Gasteiger partial charge is 0.492 e. The molecular formula is C13H18N2O3. The summed E-state index contributed by atoms with van der Waals surface area (Å²) in [6.45, 7) is 4.57. The molecule has 0 aliphatic carbocycles. The van der Waals surface area contributed by atoms with Crippen molar-refractivity contribution in [2.24, 2.45) is 0 Å². The second-order valence-electron chi connectivity index (χ2n) is 4.20. The number of morpholine rings is 1. The second-order valence-corrected chi connectivity index (χ2v) is 4.20. The van der Waals surface area contributed by atoms with Crippen molar-refractivity contribution in [3.05, 3.63) is 24.0 Å². The average Bonchev–Trinajstić information content (AvgIpc) is 2.40. The quantitative estimate of drug-likeness (QED) is 0.791. The van der Waals surface area contributed by atoms with Crippen LogP contribution < -0.4 is 10.1 Å².